The Morgan fingerprint density at radius 1 is 1.50 bits per heavy atom. The maximum absolute atomic E-state index is 9.33. The Hall–Kier alpha value is -1.14. The van der Waals surface area contributed by atoms with E-state index in [9.17, 15) is 5.11 Å². The Bertz CT molecular complexity index is 547. The number of imidazole rings is 1. The van der Waals surface area contributed by atoms with Crippen LogP contribution in [0.15, 0.2) is 17.0 Å². The van der Waals surface area contributed by atoms with Crippen molar-refractivity contribution in [2.75, 3.05) is 5.73 Å². The molecule has 2 aromatic rings. The van der Waals surface area contributed by atoms with Gasteiger partial charge in [0, 0.05) is 18.3 Å². The van der Waals surface area contributed by atoms with Gasteiger partial charge in [-0.2, -0.15) is 0 Å². The summed E-state index contributed by atoms with van der Waals surface area (Å²) in [5.41, 5.74) is 6.61. The minimum atomic E-state index is -0.185. The molecule has 84 valence electrons. The lowest BCUT2D eigenvalue weighted by Crippen LogP contribution is -2.27. The minimum absolute atomic E-state index is 0.185. The fraction of sp³-hybridized carbons (Fsp3) is 0.400. The SMILES string of the molecule is Nc1nccn2c1c(Br)nc2[C@H]1C[C@@H](O)C1. The highest BCUT2D eigenvalue weighted by molar-refractivity contribution is 9.10. The van der Waals surface area contributed by atoms with Gasteiger partial charge in [0.1, 0.15) is 15.9 Å². The van der Waals surface area contributed by atoms with E-state index >= 15 is 0 Å². The lowest BCUT2D eigenvalue weighted by Gasteiger charge is -2.30. The molecule has 0 amide bonds. The highest BCUT2D eigenvalue weighted by atomic mass is 79.9. The number of halogens is 1. The maximum Gasteiger partial charge on any atom is 0.150 e. The molecule has 2 aromatic heterocycles. The summed E-state index contributed by atoms with van der Waals surface area (Å²) in [7, 11) is 0. The quantitative estimate of drug-likeness (QED) is 0.827. The lowest BCUT2D eigenvalue weighted by atomic mass is 9.82. The minimum Gasteiger partial charge on any atom is -0.393 e. The first kappa shape index (κ1) is 10.0. The number of nitrogen functional groups attached to an aromatic ring is 1. The van der Waals surface area contributed by atoms with E-state index in [1.165, 1.54) is 0 Å². The second-order valence-electron chi connectivity index (χ2n) is 4.11. The third kappa shape index (κ3) is 1.33. The van der Waals surface area contributed by atoms with E-state index in [1.54, 1.807) is 6.20 Å². The van der Waals surface area contributed by atoms with Gasteiger partial charge < -0.3 is 10.8 Å². The van der Waals surface area contributed by atoms with Crippen molar-refractivity contribution in [1.29, 1.82) is 0 Å². The first-order chi connectivity index (χ1) is 7.66. The van der Waals surface area contributed by atoms with Crippen molar-refractivity contribution in [2.45, 2.75) is 24.9 Å². The number of fused-ring (bicyclic) bond motifs is 1. The van der Waals surface area contributed by atoms with Crippen molar-refractivity contribution in [3.05, 3.63) is 22.8 Å². The third-order valence-corrected chi connectivity index (χ3v) is 3.60. The van der Waals surface area contributed by atoms with Gasteiger partial charge in [0.15, 0.2) is 5.82 Å². The van der Waals surface area contributed by atoms with Crippen LogP contribution in [0.4, 0.5) is 5.82 Å². The molecule has 0 aromatic carbocycles. The summed E-state index contributed by atoms with van der Waals surface area (Å²) in [4.78, 5) is 8.49. The van der Waals surface area contributed by atoms with Crippen LogP contribution in [0, 0.1) is 0 Å². The topological polar surface area (TPSA) is 76.4 Å². The average Bonchev–Trinajstić information content (AvgIpc) is 2.53. The van der Waals surface area contributed by atoms with Gasteiger partial charge >= 0.3 is 0 Å². The molecule has 0 aliphatic heterocycles. The van der Waals surface area contributed by atoms with Gasteiger partial charge in [-0.1, -0.05) is 0 Å². The van der Waals surface area contributed by atoms with E-state index in [2.05, 4.69) is 25.9 Å². The summed E-state index contributed by atoms with van der Waals surface area (Å²) in [6, 6.07) is 0. The molecular weight excluding hydrogens is 272 g/mol. The molecule has 0 radical (unpaired) electrons. The molecule has 3 rings (SSSR count). The van der Waals surface area contributed by atoms with Gasteiger partial charge in [0.05, 0.1) is 6.10 Å². The van der Waals surface area contributed by atoms with Crippen LogP contribution >= 0.6 is 15.9 Å². The number of hydrogen-bond acceptors (Lipinski definition) is 4. The number of aliphatic hydroxyl groups is 1. The van der Waals surface area contributed by atoms with E-state index in [0.29, 0.717) is 11.7 Å². The predicted molar refractivity (Wildman–Crippen MR) is 63.1 cm³/mol. The van der Waals surface area contributed by atoms with Crippen molar-refractivity contribution >= 4 is 27.3 Å². The molecule has 1 saturated carbocycles. The molecule has 6 heteroatoms. The van der Waals surface area contributed by atoms with E-state index in [1.807, 2.05) is 10.6 Å². The van der Waals surface area contributed by atoms with Crippen LogP contribution in [-0.2, 0) is 0 Å². The summed E-state index contributed by atoms with van der Waals surface area (Å²) in [6.45, 7) is 0. The molecule has 3 N–H and O–H groups in total. The lowest BCUT2D eigenvalue weighted by molar-refractivity contribution is 0.0715. The number of nitrogens with two attached hydrogens (primary N) is 1. The summed E-state index contributed by atoms with van der Waals surface area (Å²) in [5.74, 6) is 1.73. The average molecular weight is 283 g/mol. The van der Waals surface area contributed by atoms with Gasteiger partial charge in [0.25, 0.3) is 0 Å². The van der Waals surface area contributed by atoms with Gasteiger partial charge in [-0.15, -0.1) is 0 Å². The van der Waals surface area contributed by atoms with Crippen molar-refractivity contribution < 1.29 is 5.11 Å². The molecule has 0 saturated heterocycles. The highest BCUT2D eigenvalue weighted by Crippen LogP contribution is 2.38. The highest BCUT2D eigenvalue weighted by Gasteiger charge is 2.32. The van der Waals surface area contributed by atoms with Gasteiger partial charge in [-0.05, 0) is 28.8 Å². The Labute approximate surface area is 100 Å². The molecule has 16 heavy (non-hydrogen) atoms. The number of rotatable bonds is 1. The van der Waals surface area contributed by atoms with E-state index in [-0.39, 0.29) is 6.10 Å². The molecule has 0 unspecified atom stereocenters. The predicted octanol–water partition coefficient (Wildman–Crippen LogP) is 1.31. The Morgan fingerprint density at radius 3 is 2.94 bits per heavy atom. The van der Waals surface area contributed by atoms with Crippen molar-refractivity contribution in [3.63, 3.8) is 0 Å². The molecule has 0 atom stereocenters. The van der Waals surface area contributed by atoms with Crippen molar-refractivity contribution in [3.8, 4) is 0 Å². The Balaban J connectivity index is 2.16. The second-order valence-corrected chi connectivity index (χ2v) is 4.87. The molecule has 2 heterocycles. The largest absolute Gasteiger partial charge is 0.393 e. The van der Waals surface area contributed by atoms with E-state index in [4.69, 9.17) is 5.73 Å². The molecule has 5 nitrogen and oxygen atoms in total. The number of hydrogen-bond donors (Lipinski definition) is 2. The zero-order valence-corrected chi connectivity index (χ0v) is 10.1. The first-order valence-electron chi connectivity index (χ1n) is 5.13. The van der Waals surface area contributed by atoms with Crippen molar-refractivity contribution in [2.24, 2.45) is 0 Å². The van der Waals surface area contributed by atoms with Gasteiger partial charge in [0.2, 0.25) is 0 Å². The Kier molecular flexibility index (Phi) is 2.15. The molecule has 0 spiro atoms. The summed E-state index contributed by atoms with van der Waals surface area (Å²) < 4.78 is 2.66. The Morgan fingerprint density at radius 2 is 2.25 bits per heavy atom. The number of nitrogens with zero attached hydrogens (tertiary/aromatic N) is 3. The van der Waals surface area contributed by atoms with Crippen LogP contribution in [0.1, 0.15) is 24.6 Å². The zero-order chi connectivity index (χ0) is 11.3. The van der Waals surface area contributed by atoms with E-state index in [0.717, 1.165) is 28.8 Å². The summed E-state index contributed by atoms with van der Waals surface area (Å²) in [5, 5.41) is 9.33. The fourth-order valence-corrected chi connectivity index (χ4v) is 2.71. The van der Waals surface area contributed by atoms with Gasteiger partial charge in [-0.25, -0.2) is 9.97 Å². The maximum atomic E-state index is 9.33. The van der Waals surface area contributed by atoms with Crippen LogP contribution in [0.2, 0.25) is 0 Å². The molecule has 1 aliphatic rings. The first-order valence-corrected chi connectivity index (χ1v) is 5.92. The van der Waals surface area contributed by atoms with Crippen LogP contribution < -0.4 is 5.73 Å². The summed E-state index contributed by atoms with van der Waals surface area (Å²) >= 11 is 3.39. The third-order valence-electron chi connectivity index (χ3n) is 3.05. The van der Waals surface area contributed by atoms with Crippen LogP contribution in [0.3, 0.4) is 0 Å². The molecule has 1 aliphatic carbocycles. The fourth-order valence-electron chi connectivity index (χ4n) is 2.13. The van der Waals surface area contributed by atoms with Gasteiger partial charge in [-0.3, -0.25) is 4.40 Å². The molecular formula is C10H11BrN4O. The second kappa shape index (κ2) is 3.43. The standard InChI is InChI=1S/C10H11BrN4O/c11-8-7-9(12)13-1-2-15(7)10(14-8)5-3-6(16)4-5/h1-2,5-6,16H,3-4H2,(H2,12,13)/t5-,6+. The smallest absolute Gasteiger partial charge is 0.150 e. The number of aromatic nitrogens is 3. The number of anilines is 1. The van der Waals surface area contributed by atoms with Crippen LogP contribution in [0.5, 0.6) is 0 Å². The van der Waals surface area contributed by atoms with Crippen molar-refractivity contribution in [1.82, 2.24) is 14.4 Å². The molecule has 1 fully saturated rings. The molecule has 0 bridgehead atoms. The normalized spacial score (nSPS) is 24.6. The monoisotopic (exact) mass is 282 g/mol. The summed E-state index contributed by atoms with van der Waals surface area (Å²) in [6.07, 6.45) is 4.87. The zero-order valence-electron chi connectivity index (χ0n) is 8.47. The number of aliphatic hydroxyl groups excluding tert-OH is 1. The van der Waals surface area contributed by atoms with Crippen LogP contribution in [0.25, 0.3) is 5.52 Å². The van der Waals surface area contributed by atoms with E-state index < -0.39 is 0 Å². The van der Waals surface area contributed by atoms with Crippen LogP contribution in [-0.4, -0.2) is 25.6 Å².